The number of carbonyl (C=O) groups excluding carboxylic acids is 1. The van der Waals surface area contributed by atoms with Gasteiger partial charge >= 0.3 is 0 Å². The fourth-order valence-electron chi connectivity index (χ4n) is 2.36. The summed E-state index contributed by atoms with van der Waals surface area (Å²) in [5.41, 5.74) is -1.09. The van der Waals surface area contributed by atoms with E-state index in [4.69, 9.17) is 4.74 Å². The summed E-state index contributed by atoms with van der Waals surface area (Å²) in [6, 6.07) is 8.09. The summed E-state index contributed by atoms with van der Waals surface area (Å²) in [4.78, 5) is 10.8. The van der Waals surface area contributed by atoms with E-state index in [-0.39, 0.29) is 4.90 Å². The summed E-state index contributed by atoms with van der Waals surface area (Å²) >= 11 is 0. The van der Waals surface area contributed by atoms with Gasteiger partial charge < -0.3 is 4.74 Å². The van der Waals surface area contributed by atoms with Crippen LogP contribution in [0.25, 0.3) is 0 Å². The van der Waals surface area contributed by atoms with Crippen LogP contribution >= 0.6 is 0 Å². The normalized spacial score (nSPS) is 18.7. The molecule has 0 aromatic heterocycles. The Balaban J connectivity index is 2.23. The summed E-state index contributed by atoms with van der Waals surface area (Å²) in [7, 11) is -3.67. The van der Waals surface area contributed by atoms with Gasteiger partial charge in [0.25, 0.3) is 6.47 Å². The highest BCUT2D eigenvalue weighted by molar-refractivity contribution is 7.89. The van der Waals surface area contributed by atoms with Crippen LogP contribution in [0.2, 0.25) is 0 Å². The number of sulfonamides is 1. The molecule has 19 heavy (non-hydrogen) atoms. The van der Waals surface area contributed by atoms with Crippen LogP contribution in [0.1, 0.15) is 32.1 Å². The average Bonchev–Trinajstić information content (AvgIpc) is 2.40. The zero-order valence-electron chi connectivity index (χ0n) is 10.5. The van der Waals surface area contributed by atoms with Crippen molar-refractivity contribution >= 4 is 16.5 Å². The van der Waals surface area contributed by atoms with Crippen molar-refractivity contribution in [2.45, 2.75) is 42.7 Å². The molecule has 0 bridgehead atoms. The first-order valence-corrected chi connectivity index (χ1v) is 7.77. The van der Waals surface area contributed by atoms with Crippen LogP contribution < -0.4 is 4.72 Å². The lowest BCUT2D eigenvalue weighted by molar-refractivity contribution is -0.148. The fourth-order valence-corrected chi connectivity index (χ4v) is 3.74. The van der Waals surface area contributed by atoms with Crippen LogP contribution in [0, 0.1) is 0 Å². The molecule has 1 fully saturated rings. The number of hydrogen-bond acceptors (Lipinski definition) is 4. The maximum atomic E-state index is 12.3. The Labute approximate surface area is 113 Å². The molecule has 0 atom stereocenters. The summed E-state index contributed by atoms with van der Waals surface area (Å²) in [6.45, 7) is 0.318. The maximum absolute atomic E-state index is 12.3. The maximum Gasteiger partial charge on any atom is 0.294 e. The lowest BCUT2D eigenvalue weighted by atomic mass is 9.92. The highest BCUT2D eigenvalue weighted by Crippen LogP contribution is 2.30. The largest absolute Gasteiger partial charge is 0.445 e. The van der Waals surface area contributed by atoms with E-state index in [9.17, 15) is 13.2 Å². The molecule has 1 aromatic rings. The second-order valence-electron chi connectivity index (χ2n) is 4.69. The van der Waals surface area contributed by atoms with Gasteiger partial charge in [-0.1, -0.05) is 24.6 Å². The van der Waals surface area contributed by atoms with Gasteiger partial charge in [0, 0.05) is 12.8 Å². The zero-order valence-corrected chi connectivity index (χ0v) is 11.4. The predicted molar refractivity (Wildman–Crippen MR) is 69.7 cm³/mol. The molecule has 5 nitrogen and oxygen atoms in total. The molecule has 0 aliphatic heterocycles. The molecule has 1 N–H and O–H groups in total. The standard InChI is InChI=1S/C13H17NO4S/c15-11-18-13(9-5-2-6-10-13)14-19(16,17)12-7-3-1-4-8-12/h1,3-4,7-8,11,14H,2,5-6,9-10H2. The SMILES string of the molecule is O=COC1(NS(=O)(=O)c2ccccc2)CCCCC1. The van der Waals surface area contributed by atoms with E-state index in [1.807, 2.05) is 0 Å². The minimum absolute atomic E-state index is 0.175. The molecule has 1 saturated carbocycles. The van der Waals surface area contributed by atoms with E-state index >= 15 is 0 Å². The van der Waals surface area contributed by atoms with Gasteiger partial charge in [-0.05, 0) is 25.0 Å². The van der Waals surface area contributed by atoms with E-state index in [0.717, 1.165) is 19.3 Å². The fraction of sp³-hybridized carbons (Fsp3) is 0.462. The number of rotatable bonds is 5. The monoisotopic (exact) mass is 283 g/mol. The Hall–Kier alpha value is -1.40. The van der Waals surface area contributed by atoms with Crippen LogP contribution in [0.4, 0.5) is 0 Å². The molecular weight excluding hydrogens is 266 g/mol. The number of benzene rings is 1. The van der Waals surface area contributed by atoms with Gasteiger partial charge in [-0.15, -0.1) is 0 Å². The van der Waals surface area contributed by atoms with E-state index in [0.29, 0.717) is 19.3 Å². The number of ether oxygens (including phenoxy) is 1. The topological polar surface area (TPSA) is 72.5 Å². The second-order valence-corrected chi connectivity index (χ2v) is 6.37. The van der Waals surface area contributed by atoms with Crippen molar-refractivity contribution in [2.75, 3.05) is 0 Å². The molecule has 0 radical (unpaired) electrons. The van der Waals surface area contributed by atoms with E-state index in [1.165, 1.54) is 12.1 Å². The first-order chi connectivity index (χ1) is 9.08. The molecule has 2 rings (SSSR count). The number of nitrogens with one attached hydrogen (secondary N) is 1. The minimum Gasteiger partial charge on any atom is -0.445 e. The van der Waals surface area contributed by atoms with Gasteiger partial charge in [0.05, 0.1) is 4.90 Å². The summed E-state index contributed by atoms with van der Waals surface area (Å²) in [6.07, 6.45) is 3.73. The van der Waals surface area contributed by atoms with Crippen molar-refractivity contribution < 1.29 is 17.9 Å². The lowest BCUT2D eigenvalue weighted by Crippen LogP contribution is -2.51. The Kier molecular flexibility index (Phi) is 4.21. The van der Waals surface area contributed by atoms with Crippen molar-refractivity contribution in [3.8, 4) is 0 Å². The van der Waals surface area contributed by atoms with Gasteiger partial charge in [-0.25, -0.2) is 8.42 Å². The van der Waals surface area contributed by atoms with Crippen molar-refractivity contribution in [1.82, 2.24) is 4.72 Å². The van der Waals surface area contributed by atoms with E-state index < -0.39 is 15.7 Å². The molecule has 6 heteroatoms. The smallest absolute Gasteiger partial charge is 0.294 e. The first-order valence-electron chi connectivity index (χ1n) is 6.28. The summed E-state index contributed by atoms with van der Waals surface area (Å²) in [5.74, 6) is 0. The second kappa shape index (κ2) is 5.71. The van der Waals surface area contributed by atoms with Crippen LogP contribution in [-0.2, 0) is 19.6 Å². The molecule has 1 aliphatic rings. The summed E-state index contributed by atoms with van der Waals surface area (Å²) < 4.78 is 32.1. The quantitative estimate of drug-likeness (QED) is 0.660. The zero-order chi connectivity index (χ0) is 13.8. The Bertz CT molecular complexity index is 521. The molecule has 1 aliphatic carbocycles. The van der Waals surface area contributed by atoms with Gasteiger partial charge in [0.2, 0.25) is 10.0 Å². The van der Waals surface area contributed by atoms with E-state index in [2.05, 4.69) is 4.72 Å². The van der Waals surface area contributed by atoms with Gasteiger partial charge in [0.15, 0.2) is 5.72 Å². The van der Waals surface area contributed by atoms with Crippen molar-refractivity contribution in [1.29, 1.82) is 0 Å². The Morgan fingerprint density at radius 2 is 1.74 bits per heavy atom. The van der Waals surface area contributed by atoms with E-state index in [1.54, 1.807) is 18.2 Å². The molecule has 0 unspecified atom stereocenters. The van der Waals surface area contributed by atoms with Crippen molar-refractivity contribution in [3.63, 3.8) is 0 Å². The van der Waals surface area contributed by atoms with Crippen molar-refractivity contribution in [3.05, 3.63) is 30.3 Å². The third-order valence-corrected chi connectivity index (χ3v) is 4.84. The molecule has 0 spiro atoms. The molecule has 0 saturated heterocycles. The van der Waals surface area contributed by atoms with Crippen molar-refractivity contribution in [2.24, 2.45) is 0 Å². The molecule has 1 aromatic carbocycles. The van der Waals surface area contributed by atoms with Crippen LogP contribution in [0.15, 0.2) is 35.2 Å². The Morgan fingerprint density at radius 3 is 2.32 bits per heavy atom. The summed E-state index contributed by atoms with van der Waals surface area (Å²) in [5, 5.41) is 0. The number of carbonyl (C=O) groups is 1. The lowest BCUT2D eigenvalue weighted by Gasteiger charge is -2.35. The molecule has 104 valence electrons. The highest BCUT2D eigenvalue weighted by atomic mass is 32.2. The van der Waals surface area contributed by atoms with Gasteiger partial charge in [-0.2, -0.15) is 4.72 Å². The van der Waals surface area contributed by atoms with Crippen LogP contribution in [0.5, 0.6) is 0 Å². The third-order valence-electron chi connectivity index (χ3n) is 3.31. The highest BCUT2D eigenvalue weighted by Gasteiger charge is 2.38. The molecule has 0 amide bonds. The van der Waals surface area contributed by atoms with Gasteiger partial charge in [0.1, 0.15) is 0 Å². The predicted octanol–water partition coefficient (Wildman–Crippen LogP) is 1.80. The first kappa shape index (κ1) is 14.0. The molecular formula is C13H17NO4S. The van der Waals surface area contributed by atoms with Gasteiger partial charge in [-0.3, -0.25) is 4.79 Å². The third kappa shape index (κ3) is 3.33. The van der Waals surface area contributed by atoms with Crippen LogP contribution in [-0.4, -0.2) is 20.6 Å². The Morgan fingerprint density at radius 1 is 1.11 bits per heavy atom. The minimum atomic E-state index is -3.67. The molecule has 0 heterocycles. The van der Waals surface area contributed by atoms with Crippen LogP contribution in [0.3, 0.4) is 0 Å². The number of hydrogen-bond donors (Lipinski definition) is 1. The average molecular weight is 283 g/mol.